The Kier molecular flexibility index (Phi) is 7.85. The van der Waals surface area contributed by atoms with Gasteiger partial charge in [0.2, 0.25) is 12.5 Å². The van der Waals surface area contributed by atoms with Crippen LogP contribution in [0.2, 0.25) is 0 Å². The van der Waals surface area contributed by atoms with Crippen LogP contribution < -0.4 is 14.5 Å². The molecule has 2 aromatic rings. The molecule has 1 aromatic heterocycles. The van der Waals surface area contributed by atoms with E-state index in [4.69, 9.17) is 21.3 Å². The fourth-order valence-electron chi connectivity index (χ4n) is 6.60. The van der Waals surface area contributed by atoms with Crippen LogP contribution in [0.15, 0.2) is 29.8 Å². The predicted molar refractivity (Wildman–Crippen MR) is 160 cm³/mol. The largest absolute Gasteiger partial charge is 0.462 e. The Hall–Kier alpha value is -3.64. The van der Waals surface area contributed by atoms with Crippen LogP contribution in [-0.2, 0) is 17.8 Å². The average Bonchev–Trinajstić information content (AvgIpc) is 3.36. The molecule has 9 heteroatoms. The molecule has 2 atom stereocenters. The number of hydrogen-bond donors (Lipinski definition) is 0. The van der Waals surface area contributed by atoms with Gasteiger partial charge in [-0.15, -0.1) is 0 Å². The van der Waals surface area contributed by atoms with Gasteiger partial charge in [0.15, 0.2) is 0 Å². The lowest BCUT2D eigenvalue weighted by Gasteiger charge is -2.42. The van der Waals surface area contributed by atoms with Gasteiger partial charge in [-0.05, 0) is 76.7 Å². The molecule has 6 rings (SSSR count). The zero-order valence-electron chi connectivity index (χ0n) is 24.6. The first-order valence-corrected chi connectivity index (χ1v) is 15.0. The highest BCUT2D eigenvalue weighted by Crippen LogP contribution is 2.34. The minimum Gasteiger partial charge on any atom is -0.462 e. The van der Waals surface area contributed by atoms with Gasteiger partial charge in [-0.2, -0.15) is 9.97 Å². The fraction of sp³-hybridized carbons (Fsp3) is 0.562. The number of rotatable bonds is 7. The van der Waals surface area contributed by atoms with E-state index >= 15 is 0 Å². The molecule has 0 bridgehead atoms. The standard InChI is InChI=1S/C32H41N7O2/c1-22-8-5-12-29(23(22)2)37-15-13-27-28(20-37)34-32(41-21-25-11-7-14-36(25)4)35-30(27)38-16-17-39(26(19-38)18-33-3)31(40)24-9-6-10-24/h5,8-9,12,25-26H,6-7,10-11,13-21H2,1-2,4H3/t25-,26-/m0/s1. The van der Waals surface area contributed by atoms with Crippen LogP contribution in [0.5, 0.6) is 6.01 Å². The Morgan fingerprint density at radius 3 is 2.68 bits per heavy atom. The molecule has 216 valence electrons. The molecule has 2 fully saturated rings. The van der Waals surface area contributed by atoms with E-state index in [0.29, 0.717) is 51.4 Å². The summed E-state index contributed by atoms with van der Waals surface area (Å²) in [7, 11) is 2.15. The van der Waals surface area contributed by atoms with Gasteiger partial charge in [0.1, 0.15) is 18.5 Å². The van der Waals surface area contributed by atoms with Gasteiger partial charge in [0, 0.05) is 49.0 Å². The highest BCUT2D eigenvalue weighted by atomic mass is 16.5. The van der Waals surface area contributed by atoms with Crippen LogP contribution >= 0.6 is 0 Å². The van der Waals surface area contributed by atoms with Crippen molar-refractivity contribution in [1.82, 2.24) is 19.8 Å². The summed E-state index contributed by atoms with van der Waals surface area (Å²) in [5, 5.41) is 0. The second kappa shape index (κ2) is 11.7. The van der Waals surface area contributed by atoms with Crippen LogP contribution in [-0.4, -0.2) is 90.7 Å². The zero-order valence-corrected chi connectivity index (χ0v) is 24.6. The van der Waals surface area contributed by atoms with Gasteiger partial charge >= 0.3 is 6.01 Å². The topological polar surface area (TPSA) is 69.4 Å². The number of allylic oxidation sites excluding steroid dienone is 1. The molecule has 0 radical (unpaired) electrons. The second-order valence-corrected chi connectivity index (χ2v) is 11.9. The summed E-state index contributed by atoms with van der Waals surface area (Å²) in [6.45, 7) is 17.4. The van der Waals surface area contributed by atoms with Gasteiger partial charge in [-0.3, -0.25) is 4.79 Å². The van der Waals surface area contributed by atoms with Crippen LogP contribution in [0.25, 0.3) is 4.85 Å². The third kappa shape index (κ3) is 5.50. The smallest absolute Gasteiger partial charge is 0.318 e. The van der Waals surface area contributed by atoms with Crippen LogP contribution in [0.3, 0.4) is 0 Å². The molecular weight excluding hydrogens is 514 g/mol. The minimum atomic E-state index is -0.160. The number of likely N-dealkylation sites (tertiary alicyclic amines) is 1. The van der Waals surface area contributed by atoms with Crippen molar-refractivity contribution in [2.45, 2.75) is 64.6 Å². The maximum Gasteiger partial charge on any atom is 0.318 e. The Bertz CT molecular complexity index is 1380. The van der Waals surface area contributed by atoms with E-state index in [0.717, 1.165) is 55.9 Å². The zero-order chi connectivity index (χ0) is 28.5. The number of fused-ring (bicyclic) bond motifs is 1. The van der Waals surface area contributed by atoms with Crippen molar-refractivity contribution in [1.29, 1.82) is 0 Å². The van der Waals surface area contributed by atoms with E-state index in [2.05, 4.69) is 58.6 Å². The Morgan fingerprint density at radius 1 is 1.10 bits per heavy atom. The number of likely N-dealkylation sites (N-methyl/N-ethyl adjacent to an activating group) is 1. The average molecular weight is 556 g/mol. The molecule has 4 aliphatic rings. The molecule has 9 nitrogen and oxygen atoms in total. The number of aromatic nitrogens is 2. The Labute approximate surface area is 243 Å². The van der Waals surface area contributed by atoms with E-state index in [1.54, 1.807) is 0 Å². The summed E-state index contributed by atoms with van der Waals surface area (Å²) < 4.78 is 6.30. The summed E-state index contributed by atoms with van der Waals surface area (Å²) >= 11 is 0. The number of amides is 1. The van der Waals surface area contributed by atoms with Crippen molar-refractivity contribution in [2.24, 2.45) is 0 Å². The molecule has 3 aliphatic heterocycles. The summed E-state index contributed by atoms with van der Waals surface area (Å²) in [5.41, 5.74) is 6.91. The maximum absolute atomic E-state index is 13.1. The van der Waals surface area contributed by atoms with Gasteiger partial charge in [-0.25, -0.2) is 6.57 Å². The fourth-order valence-corrected chi connectivity index (χ4v) is 6.60. The van der Waals surface area contributed by atoms with E-state index in [-0.39, 0.29) is 11.9 Å². The minimum absolute atomic E-state index is 0.100. The third-order valence-corrected chi connectivity index (χ3v) is 9.44. The lowest BCUT2D eigenvalue weighted by Crippen LogP contribution is -2.57. The van der Waals surface area contributed by atoms with Crippen molar-refractivity contribution in [3.63, 3.8) is 0 Å². The maximum atomic E-state index is 13.1. The quantitative estimate of drug-likeness (QED) is 0.482. The number of benzene rings is 1. The molecule has 41 heavy (non-hydrogen) atoms. The molecule has 2 saturated heterocycles. The first kappa shape index (κ1) is 27.5. The number of aryl methyl sites for hydroxylation is 1. The third-order valence-electron chi connectivity index (χ3n) is 9.44. The first-order chi connectivity index (χ1) is 19.9. The summed E-state index contributed by atoms with van der Waals surface area (Å²) in [4.78, 5) is 35.8. The van der Waals surface area contributed by atoms with Crippen LogP contribution in [0.4, 0.5) is 11.5 Å². The number of anilines is 2. The van der Waals surface area contributed by atoms with E-state index in [1.165, 1.54) is 28.8 Å². The van der Waals surface area contributed by atoms with E-state index in [9.17, 15) is 4.79 Å². The Morgan fingerprint density at radius 2 is 1.95 bits per heavy atom. The molecule has 0 unspecified atom stereocenters. The van der Waals surface area contributed by atoms with Gasteiger partial charge in [0.25, 0.3) is 0 Å². The van der Waals surface area contributed by atoms with Crippen molar-refractivity contribution in [2.75, 3.05) is 62.7 Å². The molecule has 1 amide bonds. The van der Waals surface area contributed by atoms with Crippen molar-refractivity contribution in [3.8, 4) is 6.01 Å². The number of hydrogen-bond acceptors (Lipinski definition) is 7. The molecule has 0 N–H and O–H groups in total. The number of nitrogens with zero attached hydrogens (tertiary/aromatic N) is 7. The van der Waals surface area contributed by atoms with Gasteiger partial charge in [0.05, 0.1) is 12.2 Å². The molecular formula is C32H41N7O2. The normalized spacial score (nSPS) is 22.6. The number of ether oxygens (including phenoxy) is 1. The summed E-state index contributed by atoms with van der Waals surface area (Å²) in [5.74, 6) is 1.01. The predicted octanol–water partition coefficient (Wildman–Crippen LogP) is 3.79. The van der Waals surface area contributed by atoms with Crippen LogP contribution in [0, 0.1) is 20.4 Å². The van der Waals surface area contributed by atoms with Crippen LogP contribution in [0.1, 0.15) is 48.1 Å². The summed E-state index contributed by atoms with van der Waals surface area (Å²) in [6, 6.07) is 7.14. The number of carbonyl (C=O) groups is 1. The first-order valence-electron chi connectivity index (χ1n) is 15.0. The lowest BCUT2D eigenvalue weighted by molar-refractivity contribution is -0.129. The van der Waals surface area contributed by atoms with Crippen molar-refractivity contribution >= 4 is 17.4 Å². The SMILES string of the molecule is [C-]#[N+]C[C@H]1CN(c2nc(OC[C@@H]3CCCN3C)nc3c2CCN(c2cccc(C)c2C)C3)CCN1C(=O)C1=CCC1. The highest BCUT2D eigenvalue weighted by molar-refractivity contribution is 5.95. The number of carbonyl (C=O) groups excluding carboxylic acids is 1. The highest BCUT2D eigenvalue weighted by Gasteiger charge is 2.37. The lowest BCUT2D eigenvalue weighted by atomic mass is 9.96. The molecule has 0 saturated carbocycles. The number of piperazine rings is 1. The monoisotopic (exact) mass is 555 g/mol. The van der Waals surface area contributed by atoms with E-state index in [1.807, 2.05) is 11.0 Å². The Balaban J connectivity index is 1.29. The molecule has 1 aliphatic carbocycles. The van der Waals surface area contributed by atoms with Gasteiger partial charge < -0.3 is 29.2 Å². The molecule has 4 heterocycles. The molecule has 0 spiro atoms. The molecule has 1 aromatic carbocycles. The van der Waals surface area contributed by atoms with Crippen molar-refractivity contribution in [3.05, 3.63) is 63.6 Å². The van der Waals surface area contributed by atoms with Gasteiger partial charge in [-0.1, -0.05) is 18.2 Å². The second-order valence-electron chi connectivity index (χ2n) is 11.9. The van der Waals surface area contributed by atoms with Crippen molar-refractivity contribution < 1.29 is 9.53 Å². The van der Waals surface area contributed by atoms with E-state index < -0.39 is 0 Å². The summed E-state index contributed by atoms with van der Waals surface area (Å²) in [6.07, 6.45) is 6.99.